The van der Waals surface area contributed by atoms with Gasteiger partial charge in [0.2, 0.25) is 0 Å². The van der Waals surface area contributed by atoms with Gasteiger partial charge in [-0.05, 0) is 95.1 Å². The predicted molar refractivity (Wildman–Crippen MR) is 159 cm³/mol. The van der Waals surface area contributed by atoms with Gasteiger partial charge in [0.15, 0.2) is 0 Å². The van der Waals surface area contributed by atoms with Crippen LogP contribution in [0.2, 0.25) is 0 Å². The van der Waals surface area contributed by atoms with Crippen LogP contribution in [0.5, 0.6) is 0 Å². The number of unbranched alkanes of at least 4 members (excludes halogenated alkanes) is 1. The fourth-order valence-electron chi connectivity index (χ4n) is 4.99. The molecule has 2 aromatic carbocycles. The Kier molecular flexibility index (Phi) is 17.0. The Labute approximate surface area is 232 Å². The molecule has 0 aromatic heterocycles. The number of benzene rings is 2. The molecule has 38 heavy (non-hydrogen) atoms. The molecule has 2 aromatic rings. The van der Waals surface area contributed by atoms with Gasteiger partial charge in [0.1, 0.15) is 0 Å². The SMILES string of the molecule is C/C(=C\CCC(CCCCOCC(C)O)c1ccccc1)CCCC(CCOCC(C)O)c1ccccc1. The van der Waals surface area contributed by atoms with Gasteiger partial charge in [-0.2, -0.15) is 0 Å². The maximum atomic E-state index is 9.45. The second kappa shape index (κ2) is 20.0. The van der Waals surface area contributed by atoms with Crippen molar-refractivity contribution < 1.29 is 19.7 Å². The lowest BCUT2D eigenvalue weighted by molar-refractivity contribution is 0.0428. The molecule has 0 radical (unpaired) electrons. The number of aliphatic hydroxyl groups is 2. The van der Waals surface area contributed by atoms with E-state index in [1.54, 1.807) is 13.8 Å². The van der Waals surface area contributed by atoms with Gasteiger partial charge < -0.3 is 19.7 Å². The Balaban J connectivity index is 1.78. The van der Waals surface area contributed by atoms with E-state index in [9.17, 15) is 10.2 Å². The van der Waals surface area contributed by atoms with Crippen molar-refractivity contribution in [1.82, 2.24) is 0 Å². The molecule has 4 atom stereocenters. The molecule has 0 amide bonds. The molecule has 0 saturated carbocycles. The van der Waals surface area contributed by atoms with E-state index in [1.165, 1.54) is 36.0 Å². The summed E-state index contributed by atoms with van der Waals surface area (Å²) in [6.45, 7) is 8.05. The summed E-state index contributed by atoms with van der Waals surface area (Å²) in [6.07, 6.45) is 11.7. The van der Waals surface area contributed by atoms with Crippen LogP contribution in [0.15, 0.2) is 72.3 Å². The van der Waals surface area contributed by atoms with Gasteiger partial charge in [-0.15, -0.1) is 0 Å². The van der Waals surface area contributed by atoms with Crippen molar-refractivity contribution in [2.45, 2.75) is 103 Å². The summed E-state index contributed by atoms with van der Waals surface area (Å²) in [7, 11) is 0. The van der Waals surface area contributed by atoms with Gasteiger partial charge in [0.05, 0.1) is 25.4 Å². The van der Waals surface area contributed by atoms with E-state index in [0.29, 0.717) is 31.7 Å². The smallest absolute Gasteiger partial charge is 0.0745 e. The Morgan fingerprint density at radius 3 is 1.79 bits per heavy atom. The van der Waals surface area contributed by atoms with E-state index >= 15 is 0 Å². The summed E-state index contributed by atoms with van der Waals surface area (Å²) in [4.78, 5) is 0. The molecule has 0 heterocycles. The maximum absolute atomic E-state index is 9.45. The normalized spacial score (nSPS) is 15.2. The number of hydrogen-bond acceptors (Lipinski definition) is 4. The van der Waals surface area contributed by atoms with Crippen LogP contribution in [-0.2, 0) is 9.47 Å². The summed E-state index contributed by atoms with van der Waals surface area (Å²) in [6, 6.07) is 21.7. The van der Waals surface area contributed by atoms with Gasteiger partial charge >= 0.3 is 0 Å². The van der Waals surface area contributed by atoms with Crippen LogP contribution in [0.1, 0.15) is 102 Å². The zero-order valence-electron chi connectivity index (χ0n) is 24.1. The molecule has 4 unspecified atom stereocenters. The molecule has 0 spiro atoms. The second-order valence-corrected chi connectivity index (χ2v) is 10.9. The molecule has 2 rings (SSSR count). The minimum absolute atomic E-state index is 0.388. The fourth-order valence-corrected chi connectivity index (χ4v) is 4.99. The predicted octanol–water partition coefficient (Wildman–Crippen LogP) is 7.81. The second-order valence-electron chi connectivity index (χ2n) is 10.9. The number of hydrogen-bond donors (Lipinski definition) is 2. The van der Waals surface area contributed by atoms with Crippen LogP contribution >= 0.6 is 0 Å². The quantitative estimate of drug-likeness (QED) is 0.129. The highest BCUT2D eigenvalue weighted by Crippen LogP contribution is 2.29. The Hall–Kier alpha value is -1.98. The van der Waals surface area contributed by atoms with Gasteiger partial charge in [0, 0.05) is 13.2 Å². The van der Waals surface area contributed by atoms with Crippen LogP contribution in [0.25, 0.3) is 0 Å². The first kappa shape index (κ1) is 32.2. The largest absolute Gasteiger partial charge is 0.391 e. The summed E-state index contributed by atoms with van der Waals surface area (Å²) in [5, 5.41) is 18.8. The number of rotatable bonds is 21. The molecular weight excluding hydrogens is 472 g/mol. The molecule has 4 nitrogen and oxygen atoms in total. The van der Waals surface area contributed by atoms with Crippen LogP contribution in [0.4, 0.5) is 0 Å². The molecule has 4 heteroatoms. The molecule has 2 N–H and O–H groups in total. The van der Waals surface area contributed by atoms with Crippen molar-refractivity contribution in [1.29, 1.82) is 0 Å². The molecular formula is C34H52O4. The molecule has 0 saturated heterocycles. The summed E-state index contributed by atoms with van der Waals surface area (Å²) in [5.74, 6) is 1.06. The minimum Gasteiger partial charge on any atom is -0.391 e. The van der Waals surface area contributed by atoms with Crippen molar-refractivity contribution in [3.05, 3.63) is 83.4 Å². The van der Waals surface area contributed by atoms with E-state index in [0.717, 1.165) is 45.1 Å². The number of aliphatic hydroxyl groups excluding tert-OH is 2. The zero-order valence-corrected chi connectivity index (χ0v) is 24.1. The third-order valence-electron chi connectivity index (χ3n) is 7.09. The van der Waals surface area contributed by atoms with Crippen molar-refractivity contribution in [3.8, 4) is 0 Å². The van der Waals surface area contributed by atoms with Crippen molar-refractivity contribution in [3.63, 3.8) is 0 Å². The molecule has 0 aliphatic carbocycles. The lowest BCUT2D eigenvalue weighted by Gasteiger charge is -2.18. The zero-order chi connectivity index (χ0) is 27.4. The van der Waals surface area contributed by atoms with Crippen LogP contribution in [-0.4, -0.2) is 48.8 Å². The van der Waals surface area contributed by atoms with Crippen LogP contribution in [0, 0.1) is 0 Å². The van der Waals surface area contributed by atoms with Gasteiger partial charge in [0.25, 0.3) is 0 Å². The third kappa shape index (κ3) is 14.8. The van der Waals surface area contributed by atoms with Gasteiger partial charge in [-0.3, -0.25) is 0 Å². The van der Waals surface area contributed by atoms with Crippen LogP contribution in [0.3, 0.4) is 0 Å². The molecule has 0 aliphatic heterocycles. The Morgan fingerprint density at radius 1 is 0.684 bits per heavy atom. The lowest BCUT2D eigenvalue weighted by atomic mass is 9.88. The number of ether oxygens (including phenoxy) is 2. The highest BCUT2D eigenvalue weighted by atomic mass is 16.5. The average molecular weight is 525 g/mol. The highest BCUT2D eigenvalue weighted by molar-refractivity contribution is 5.20. The van der Waals surface area contributed by atoms with Crippen molar-refractivity contribution in [2.75, 3.05) is 26.4 Å². The van der Waals surface area contributed by atoms with E-state index in [4.69, 9.17) is 9.47 Å². The molecule has 0 bridgehead atoms. The van der Waals surface area contributed by atoms with Crippen LogP contribution < -0.4 is 0 Å². The van der Waals surface area contributed by atoms with Crippen molar-refractivity contribution >= 4 is 0 Å². The fraction of sp³-hybridized carbons (Fsp3) is 0.588. The van der Waals surface area contributed by atoms with E-state index in [-0.39, 0.29) is 6.10 Å². The maximum Gasteiger partial charge on any atom is 0.0745 e. The topological polar surface area (TPSA) is 58.9 Å². The average Bonchev–Trinajstić information content (AvgIpc) is 2.91. The molecule has 0 aliphatic rings. The third-order valence-corrected chi connectivity index (χ3v) is 7.09. The first-order valence-corrected chi connectivity index (χ1v) is 14.7. The van der Waals surface area contributed by atoms with E-state index in [1.807, 2.05) is 0 Å². The standard InChI is InChI=1S/C34H52O4/c1-28(15-13-22-34(23-25-38-27-30(3)36)32-18-8-5-9-19-32)14-12-21-33(31-16-6-4-7-17-31)20-10-11-24-37-26-29(2)35/h4-9,14,16-19,29-30,33-36H,10-13,15,20-27H2,1-3H3/b28-14+. The molecule has 0 fully saturated rings. The lowest BCUT2D eigenvalue weighted by Crippen LogP contribution is -2.12. The Morgan fingerprint density at radius 2 is 1.21 bits per heavy atom. The monoisotopic (exact) mass is 524 g/mol. The highest BCUT2D eigenvalue weighted by Gasteiger charge is 2.13. The van der Waals surface area contributed by atoms with Gasteiger partial charge in [-0.1, -0.05) is 78.7 Å². The Bertz CT molecular complexity index is 847. The van der Waals surface area contributed by atoms with Gasteiger partial charge in [-0.25, -0.2) is 0 Å². The van der Waals surface area contributed by atoms with E-state index < -0.39 is 6.10 Å². The minimum atomic E-state index is -0.408. The first-order valence-electron chi connectivity index (χ1n) is 14.7. The molecule has 212 valence electrons. The summed E-state index contributed by atoms with van der Waals surface area (Å²) >= 11 is 0. The number of allylic oxidation sites excluding steroid dienone is 2. The van der Waals surface area contributed by atoms with E-state index in [2.05, 4.69) is 73.7 Å². The summed E-state index contributed by atoms with van der Waals surface area (Å²) < 4.78 is 11.2. The first-order chi connectivity index (χ1) is 18.5. The summed E-state index contributed by atoms with van der Waals surface area (Å²) in [5.41, 5.74) is 4.31. The van der Waals surface area contributed by atoms with Crippen molar-refractivity contribution in [2.24, 2.45) is 0 Å².